The van der Waals surface area contributed by atoms with Crippen molar-refractivity contribution in [3.05, 3.63) is 89.3 Å². The number of esters is 1. The fourth-order valence-corrected chi connectivity index (χ4v) is 4.60. The summed E-state index contributed by atoms with van der Waals surface area (Å²) >= 11 is 0. The average Bonchev–Trinajstić information content (AvgIpc) is 2.73. The van der Waals surface area contributed by atoms with Gasteiger partial charge in [-0.15, -0.1) is 0 Å². The Morgan fingerprint density at radius 3 is 2.57 bits per heavy atom. The second-order valence-electron chi connectivity index (χ2n) is 7.78. The molecule has 2 aromatic carbocycles. The molecule has 5 nitrogen and oxygen atoms in total. The number of Topliss-reactive ketones (excluding diaryl/α,β-unsaturated/α-hetero) is 1. The molecule has 1 aliphatic carbocycles. The number of hydrogen-bond acceptors (Lipinski definition) is 5. The first-order valence-corrected chi connectivity index (χ1v) is 10.2. The van der Waals surface area contributed by atoms with Gasteiger partial charge in [0.2, 0.25) is 0 Å². The molecule has 5 heteroatoms. The number of benzene rings is 2. The molecule has 0 saturated carbocycles. The normalized spacial score (nSPS) is 23.6. The first kappa shape index (κ1) is 20.0. The molecule has 2 aromatic rings. The van der Waals surface area contributed by atoms with Crippen molar-refractivity contribution in [3.63, 3.8) is 0 Å². The predicted octanol–water partition coefficient (Wildman–Crippen LogP) is 4.17. The van der Waals surface area contributed by atoms with Gasteiger partial charge in [0.15, 0.2) is 5.78 Å². The van der Waals surface area contributed by atoms with Crippen LogP contribution in [0.15, 0.2) is 78.1 Å². The highest BCUT2D eigenvalue weighted by Crippen LogP contribution is 2.47. The Kier molecular flexibility index (Phi) is 5.44. The fraction of sp³-hybridized carbons (Fsp3) is 0.280. The van der Waals surface area contributed by atoms with Gasteiger partial charge >= 0.3 is 5.97 Å². The Bertz CT molecular complexity index is 1020. The Morgan fingerprint density at radius 1 is 1.13 bits per heavy atom. The second-order valence-corrected chi connectivity index (χ2v) is 7.78. The zero-order valence-electron chi connectivity index (χ0n) is 16.9. The van der Waals surface area contributed by atoms with Crippen molar-refractivity contribution in [3.8, 4) is 5.75 Å². The van der Waals surface area contributed by atoms with Gasteiger partial charge < -0.3 is 15.2 Å². The van der Waals surface area contributed by atoms with Gasteiger partial charge in [-0.3, -0.25) is 9.59 Å². The third-order valence-corrected chi connectivity index (χ3v) is 5.88. The quantitative estimate of drug-likeness (QED) is 0.750. The summed E-state index contributed by atoms with van der Waals surface area (Å²) in [6.45, 7) is 6.08. The summed E-state index contributed by atoms with van der Waals surface area (Å²) in [6, 6.07) is 16.7. The number of carbonyl (C=O) groups excluding carboxylic acids is 2. The van der Waals surface area contributed by atoms with Crippen LogP contribution in [-0.4, -0.2) is 23.5 Å². The summed E-state index contributed by atoms with van der Waals surface area (Å²) in [4.78, 5) is 26.2. The smallest absolute Gasteiger partial charge is 0.315 e. The summed E-state index contributed by atoms with van der Waals surface area (Å²) in [7, 11) is 0. The third kappa shape index (κ3) is 3.63. The van der Waals surface area contributed by atoms with Gasteiger partial charge in [0.25, 0.3) is 0 Å². The van der Waals surface area contributed by atoms with Gasteiger partial charge in [-0.1, -0.05) is 49.0 Å². The Hall–Kier alpha value is -3.34. The van der Waals surface area contributed by atoms with Crippen molar-refractivity contribution < 1.29 is 19.4 Å². The zero-order chi connectivity index (χ0) is 21.3. The molecule has 0 radical (unpaired) electrons. The molecule has 0 spiro atoms. The Labute approximate surface area is 176 Å². The molecular formula is C25H25NO4. The number of allylic oxidation sites excluding steroid dienone is 2. The number of nitrogens with one attached hydrogen (secondary N) is 1. The first-order valence-electron chi connectivity index (χ1n) is 10.2. The van der Waals surface area contributed by atoms with Gasteiger partial charge in [-0.25, -0.2) is 0 Å². The van der Waals surface area contributed by atoms with E-state index in [2.05, 4.69) is 11.9 Å². The number of hydrogen-bond donors (Lipinski definition) is 2. The van der Waals surface area contributed by atoms with Crippen LogP contribution < -0.4 is 5.32 Å². The van der Waals surface area contributed by atoms with Gasteiger partial charge in [-0.05, 0) is 42.5 Å². The summed E-state index contributed by atoms with van der Waals surface area (Å²) in [5, 5.41) is 13.3. The molecule has 1 heterocycles. The molecule has 3 unspecified atom stereocenters. The number of ketones is 1. The highest BCUT2D eigenvalue weighted by Gasteiger charge is 2.45. The average molecular weight is 403 g/mol. The van der Waals surface area contributed by atoms with Crippen molar-refractivity contribution in [2.45, 2.75) is 31.6 Å². The van der Waals surface area contributed by atoms with Gasteiger partial charge in [0, 0.05) is 29.3 Å². The molecule has 3 atom stereocenters. The first-order chi connectivity index (χ1) is 14.5. The lowest BCUT2D eigenvalue weighted by Crippen LogP contribution is -2.42. The molecule has 0 saturated heterocycles. The highest BCUT2D eigenvalue weighted by atomic mass is 16.5. The highest BCUT2D eigenvalue weighted by molar-refractivity contribution is 6.01. The lowest BCUT2D eigenvalue weighted by atomic mass is 9.69. The van der Waals surface area contributed by atoms with E-state index in [9.17, 15) is 14.7 Å². The van der Waals surface area contributed by atoms with Crippen LogP contribution >= 0.6 is 0 Å². The molecule has 1 aliphatic heterocycles. The van der Waals surface area contributed by atoms with E-state index in [4.69, 9.17) is 4.74 Å². The van der Waals surface area contributed by atoms with Crippen LogP contribution in [0.2, 0.25) is 0 Å². The molecule has 2 aliphatic rings. The minimum atomic E-state index is -0.734. The number of phenols is 1. The van der Waals surface area contributed by atoms with E-state index in [1.807, 2.05) is 36.4 Å². The summed E-state index contributed by atoms with van der Waals surface area (Å²) in [6.07, 6.45) is 1.04. The van der Waals surface area contributed by atoms with Crippen molar-refractivity contribution in [2.24, 2.45) is 5.92 Å². The molecule has 0 fully saturated rings. The van der Waals surface area contributed by atoms with Crippen LogP contribution in [0.5, 0.6) is 5.75 Å². The number of aromatic hydroxyl groups is 1. The maximum absolute atomic E-state index is 13.4. The van der Waals surface area contributed by atoms with Crippen molar-refractivity contribution in [1.29, 1.82) is 0 Å². The van der Waals surface area contributed by atoms with E-state index in [1.165, 1.54) is 0 Å². The van der Waals surface area contributed by atoms with Crippen LogP contribution in [0.4, 0.5) is 0 Å². The number of ether oxygens (including phenoxy) is 1. The molecule has 2 N–H and O–H groups in total. The van der Waals surface area contributed by atoms with Crippen molar-refractivity contribution >= 4 is 11.8 Å². The monoisotopic (exact) mass is 403 g/mol. The largest absolute Gasteiger partial charge is 0.508 e. The maximum atomic E-state index is 13.4. The molecule has 0 bridgehead atoms. The Morgan fingerprint density at radius 2 is 1.87 bits per heavy atom. The number of carbonyl (C=O) groups is 2. The molecule has 0 aromatic heterocycles. The van der Waals surface area contributed by atoms with Crippen LogP contribution in [-0.2, 0) is 14.3 Å². The van der Waals surface area contributed by atoms with Crippen LogP contribution in [0.1, 0.15) is 42.7 Å². The predicted molar refractivity (Wildman–Crippen MR) is 114 cm³/mol. The standard InChI is InChI=1S/C25H25NO4/c1-3-30-25(29)22-15(2)26-20-13-18(16-8-5-4-6-9-16)14-21(28)24(20)23(22)17-10-7-11-19(27)12-17/h4-12,18,22-23,26-27H,2-3,13-14H2,1H3. The summed E-state index contributed by atoms with van der Waals surface area (Å²) in [5.74, 6) is -1.53. The van der Waals surface area contributed by atoms with E-state index >= 15 is 0 Å². The molecule has 4 rings (SSSR count). The molecular weight excluding hydrogens is 378 g/mol. The summed E-state index contributed by atoms with van der Waals surface area (Å²) in [5.41, 5.74) is 3.74. The fourth-order valence-electron chi connectivity index (χ4n) is 4.60. The summed E-state index contributed by atoms with van der Waals surface area (Å²) < 4.78 is 5.30. The molecule has 30 heavy (non-hydrogen) atoms. The zero-order valence-corrected chi connectivity index (χ0v) is 16.9. The van der Waals surface area contributed by atoms with Gasteiger partial charge in [0.05, 0.1) is 6.61 Å². The van der Waals surface area contributed by atoms with Crippen LogP contribution in [0.3, 0.4) is 0 Å². The third-order valence-electron chi connectivity index (χ3n) is 5.88. The molecule has 0 amide bonds. The lowest BCUT2D eigenvalue weighted by molar-refractivity contribution is -0.147. The van der Waals surface area contributed by atoms with E-state index in [-0.39, 0.29) is 24.1 Å². The van der Waals surface area contributed by atoms with E-state index in [0.29, 0.717) is 29.7 Å². The number of phenolic OH excluding ortho intramolecular Hbond substituents is 1. The SMILES string of the molecule is C=C1NC2=C(C(=O)CC(c3ccccc3)C2)C(c2cccc(O)c2)C1C(=O)OCC. The van der Waals surface area contributed by atoms with Crippen molar-refractivity contribution in [1.82, 2.24) is 5.32 Å². The van der Waals surface area contributed by atoms with Crippen LogP contribution in [0.25, 0.3) is 0 Å². The lowest BCUT2D eigenvalue weighted by Gasteiger charge is -2.40. The van der Waals surface area contributed by atoms with E-state index in [0.717, 1.165) is 11.3 Å². The second kappa shape index (κ2) is 8.19. The minimum absolute atomic E-state index is 0.00717. The van der Waals surface area contributed by atoms with E-state index < -0.39 is 17.8 Å². The maximum Gasteiger partial charge on any atom is 0.315 e. The number of rotatable bonds is 4. The molecule has 154 valence electrons. The van der Waals surface area contributed by atoms with Crippen molar-refractivity contribution in [2.75, 3.05) is 6.61 Å². The van der Waals surface area contributed by atoms with Gasteiger partial charge in [-0.2, -0.15) is 0 Å². The minimum Gasteiger partial charge on any atom is -0.508 e. The Balaban J connectivity index is 1.80. The van der Waals surface area contributed by atoms with Crippen LogP contribution in [0, 0.1) is 5.92 Å². The van der Waals surface area contributed by atoms with Gasteiger partial charge in [0.1, 0.15) is 11.7 Å². The van der Waals surface area contributed by atoms with E-state index in [1.54, 1.807) is 25.1 Å². The topological polar surface area (TPSA) is 75.6 Å².